The van der Waals surface area contributed by atoms with Gasteiger partial charge in [-0.15, -0.1) is 0 Å². The van der Waals surface area contributed by atoms with Crippen LogP contribution in [0, 0.1) is 5.41 Å². The zero-order valence-electron chi connectivity index (χ0n) is 12.3. The number of ether oxygens (including phenoxy) is 1. The summed E-state index contributed by atoms with van der Waals surface area (Å²) < 4.78 is 5.23. The van der Waals surface area contributed by atoms with Crippen molar-refractivity contribution in [3.05, 3.63) is 0 Å². The Kier molecular flexibility index (Phi) is 3.39. The summed E-state index contributed by atoms with van der Waals surface area (Å²) in [7, 11) is 0. The van der Waals surface area contributed by atoms with Crippen molar-refractivity contribution >= 4 is 18.0 Å². The minimum absolute atomic E-state index is 0.0579. The average molecular weight is 283 g/mol. The lowest BCUT2D eigenvalue weighted by atomic mass is 9.85. The standard InChI is InChI=1S/C13H21N3O4/c1-12(2,3)8-6-5-7-16(8)11(19)20-13(4)9(17)14-10(18)15-13/h8H,5-7H2,1-4H3,(H2,14,15,17,18)/t8-,13-/m1/s1. The second-order valence-electron chi connectivity index (χ2n) is 6.53. The molecule has 2 heterocycles. The molecule has 20 heavy (non-hydrogen) atoms. The molecule has 4 amide bonds. The summed E-state index contributed by atoms with van der Waals surface area (Å²) in [6.07, 6.45) is 1.25. The molecule has 112 valence electrons. The molecule has 7 heteroatoms. The zero-order chi connectivity index (χ0) is 15.1. The van der Waals surface area contributed by atoms with E-state index in [1.165, 1.54) is 6.92 Å². The van der Waals surface area contributed by atoms with Crippen LogP contribution in [0.3, 0.4) is 0 Å². The van der Waals surface area contributed by atoms with Gasteiger partial charge < -0.3 is 9.64 Å². The van der Waals surface area contributed by atoms with Crippen LogP contribution in [0.15, 0.2) is 0 Å². The van der Waals surface area contributed by atoms with Crippen molar-refractivity contribution in [1.29, 1.82) is 0 Å². The van der Waals surface area contributed by atoms with Crippen LogP contribution >= 0.6 is 0 Å². The molecular formula is C13H21N3O4. The highest BCUT2D eigenvalue weighted by atomic mass is 16.6. The van der Waals surface area contributed by atoms with Crippen molar-refractivity contribution in [1.82, 2.24) is 15.5 Å². The molecule has 0 spiro atoms. The number of hydrogen-bond donors (Lipinski definition) is 2. The van der Waals surface area contributed by atoms with E-state index in [9.17, 15) is 14.4 Å². The van der Waals surface area contributed by atoms with Gasteiger partial charge in [-0.1, -0.05) is 20.8 Å². The third-order valence-corrected chi connectivity index (χ3v) is 3.79. The molecule has 0 radical (unpaired) electrons. The number of imide groups is 1. The molecule has 0 aromatic rings. The molecule has 2 N–H and O–H groups in total. The Labute approximate surface area is 118 Å². The molecule has 7 nitrogen and oxygen atoms in total. The summed E-state index contributed by atoms with van der Waals surface area (Å²) in [4.78, 5) is 36.7. The predicted octanol–water partition coefficient (Wildman–Crippen LogP) is 1.19. The van der Waals surface area contributed by atoms with E-state index in [2.05, 4.69) is 31.4 Å². The minimum Gasteiger partial charge on any atom is -0.413 e. The van der Waals surface area contributed by atoms with Crippen molar-refractivity contribution in [2.75, 3.05) is 6.54 Å². The first-order valence-electron chi connectivity index (χ1n) is 6.77. The lowest BCUT2D eigenvalue weighted by molar-refractivity contribution is -0.136. The van der Waals surface area contributed by atoms with Gasteiger partial charge >= 0.3 is 12.1 Å². The van der Waals surface area contributed by atoms with Crippen LogP contribution in [0.2, 0.25) is 0 Å². The molecule has 0 saturated carbocycles. The van der Waals surface area contributed by atoms with Crippen molar-refractivity contribution in [3.63, 3.8) is 0 Å². The van der Waals surface area contributed by atoms with Gasteiger partial charge in [0.1, 0.15) is 0 Å². The predicted molar refractivity (Wildman–Crippen MR) is 70.7 cm³/mol. The molecule has 2 fully saturated rings. The van der Waals surface area contributed by atoms with Crippen molar-refractivity contribution in [2.24, 2.45) is 5.41 Å². The smallest absolute Gasteiger partial charge is 0.412 e. The number of carbonyl (C=O) groups excluding carboxylic acids is 3. The van der Waals surface area contributed by atoms with Crippen molar-refractivity contribution in [2.45, 2.75) is 52.3 Å². The lowest BCUT2D eigenvalue weighted by Crippen LogP contribution is -2.52. The quantitative estimate of drug-likeness (QED) is 0.708. The second-order valence-corrected chi connectivity index (χ2v) is 6.53. The highest BCUT2D eigenvalue weighted by Crippen LogP contribution is 2.33. The fourth-order valence-electron chi connectivity index (χ4n) is 2.72. The van der Waals surface area contributed by atoms with Crippen molar-refractivity contribution in [3.8, 4) is 0 Å². The number of hydrogen-bond acceptors (Lipinski definition) is 4. The van der Waals surface area contributed by atoms with Gasteiger partial charge in [0.2, 0.25) is 0 Å². The molecule has 2 aliphatic heterocycles. The molecule has 0 unspecified atom stereocenters. The molecule has 0 aliphatic carbocycles. The molecule has 2 atom stereocenters. The van der Waals surface area contributed by atoms with E-state index in [0.29, 0.717) is 6.54 Å². The van der Waals surface area contributed by atoms with E-state index in [-0.39, 0.29) is 11.5 Å². The minimum atomic E-state index is -1.63. The lowest BCUT2D eigenvalue weighted by Gasteiger charge is -2.35. The Hall–Kier alpha value is -1.79. The molecule has 0 aromatic carbocycles. The maximum Gasteiger partial charge on any atom is 0.412 e. The first kappa shape index (κ1) is 14.6. The third kappa shape index (κ3) is 2.57. The van der Waals surface area contributed by atoms with Gasteiger partial charge in [0.25, 0.3) is 11.6 Å². The molecule has 2 rings (SSSR count). The number of amides is 4. The SMILES string of the molecule is CC(C)(C)[C@H]1CCCN1C(=O)O[C@@]1(C)NC(=O)NC1=O. The Morgan fingerprint density at radius 2 is 2.05 bits per heavy atom. The second kappa shape index (κ2) is 4.64. The fourth-order valence-corrected chi connectivity index (χ4v) is 2.72. The Morgan fingerprint density at radius 3 is 2.55 bits per heavy atom. The Morgan fingerprint density at radius 1 is 1.40 bits per heavy atom. The molecule has 2 saturated heterocycles. The maximum atomic E-state index is 12.3. The molecule has 0 aromatic heterocycles. The van der Waals surface area contributed by atoms with Gasteiger partial charge in [-0.3, -0.25) is 15.4 Å². The van der Waals surface area contributed by atoms with Crippen LogP contribution in [-0.2, 0) is 9.53 Å². The number of rotatable bonds is 1. The van der Waals surface area contributed by atoms with Crippen LogP contribution in [0.5, 0.6) is 0 Å². The van der Waals surface area contributed by atoms with Gasteiger partial charge in [0.15, 0.2) is 0 Å². The van der Waals surface area contributed by atoms with Crippen LogP contribution in [0.1, 0.15) is 40.5 Å². The van der Waals surface area contributed by atoms with E-state index in [1.54, 1.807) is 4.90 Å². The summed E-state index contributed by atoms with van der Waals surface area (Å²) in [5, 5.41) is 4.38. The summed E-state index contributed by atoms with van der Waals surface area (Å²) in [5.74, 6) is -0.651. The van der Waals surface area contributed by atoms with Gasteiger partial charge in [0, 0.05) is 19.5 Å². The fraction of sp³-hybridized carbons (Fsp3) is 0.769. The Bertz CT molecular complexity index is 457. The van der Waals surface area contributed by atoms with E-state index >= 15 is 0 Å². The molecule has 2 aliphatic rings. The average Bonchev–Trinajstić information content (AvgIpc) is 2.83. The monoisotopic (exact) mass is 283 g/mol. The third-order valence-electron chi connectivity index (χ3n) is 3.79. The van der Waals surface area contributed by atoms with Crippen LogP contribution in [-0.4, -0.2) is 41.2 Å². The number of urea groups is 1. The Balaban J connectivity index is 2.09. The van der Waals surface area contributed by atoms with Gasteiger partial charge in [-0.25, -0.2) is 9.59 Å². The summed E-state index contributed by atoms with van der Waals surface area (Å²) in [6, 6.07) is -0.585. The van der Waals surface area contributed by atoms with Gasteiger partial charge in [0.05, 0.1) is 0 Å². The highest BCUT2D eigenvalue weighted by Gasteiger charge is 2.48. The van der Waals surface area contributed by atoms with Crippen LogP contribution in [0.25, 0.3) is 0 Å². The first-order valence-corrected chi connectivity index (χ1v) is 6.77. The molecule has 0 bridgehead atoms. The number of nitrogens with zero attached hydrogens (tertiary/aromatic N) is 1. The number of nitrogens with one attached hydrogen (secondary N) is 2. The van der Waals surface area contributed by atoms with Crippen LogP contribution < -0.4 is 10.6 Å². The largest absolute Gasteiger partial charge is 0.413 e. The van der Waals surface area contributed by atoms with E-state index in [0.717, 1.165) is 12.8 Å². The summed E-state index contributed by atoms with van der Waals surface area (Å²) >= 11 is 0. The normalized spacial score (nSPS) is 30.2. The van der Waals surface area contributed by atoms with Crippen LogP contribution in [0.4, 0.5) is 9.59 Å². The topological polar surface area (TPSA) is 87.7 Å². The van der Waals surface area contributed by atoms with Gasteiger partial charge in [-0.05, 0) is 18.3 Å². The number of likely N-dealkylation sites (tertiary alicyclic amines) is 1. The summed E-state index contributed by atoms with van der Waals surface area (Å²) in [5.41, 5.74) is -1.68. The highest BCUT2D eigenvalue weighted by molar-refractivity contribution is 6.06. The van der Waals surface area contributed by atoms with Gasteiger partial charge in [-0.2, -0.15) is 0 Å². The first-order chi connectivity index (χ1) is 9.13. The number of carbonyl (C=O) groups is 3. The van der Waals surface area contributed by atoms with Crippen molar-refractivity contribution < 1.29 is 19.1 Å². The summed E-state index contributed by atoms with van der Waals surface area (Å²) in [6.45, 7) is 8.17. The molecular weight excluding hydrogens is 262 g/mol. The zero-order valence-corrected chi connectivity index (χ0v) is 12.3. The van der Waals surface area contributed by atoms with E-state index in [1.807, 2.05) is 0 Å². The maximum absolute atomic E-state index is 12.3. The van der Waals surface area contributed by atoms with E-state index in [4.69, 9.17) is 4.74 Å². The van der Waals surface area contributed by atoms with E-state index < -0.39 is 23.8 Å².